The number of carbonyl (C=O) groups excluding carboxylic acids is 1. The predicted octanol–water partition coefficient (Wildman–Crippen LogP) is 2.47. The van der Waals surface area contributed by atoms with Crippen LogP contribution in [0, 0.1) is 11.6 Å². The molecular formula is C17H17ClF2N4O2. The Morgan fingerprint density at radius 2 is 2.08 bits per heavy atom. The molecule has 2 aromatic rings. The van der Waals surface area contributed by atoms with E-state index in [0.29, 0.717) is 12.0 Å². The van der Waals surface area contributed by atoms with Gasteiger partial charge in [-0.1, -0.05) is 17.7 Å². The fourth-order valence-electron chi connectivity index (χ4n) is 2.74. The maximum atomic E-state index is 13.7. The summed E-state index contributed by atoms with van der Waals surface area (Å²) < 4.78 is 26.6. The molecular weight excluding hydrogens is 366 g/mol. The second kappa shape index (κ2) is 7.92. The van der Waals surface area contributed by atoms with Crippen molar-refractivity contribution in [2.24, 2.45) is 0 Å². The summed E-state index contributed by atoms with van der Waals surface area (Å²) in [6.07, 6.45) is 2.08. The molecule has 1 aromatic carbocycles. The van der Waals surface area contributed by atoms with Gasteiger partial charge in [-0.3, -0.25) is 4.79 Å². The molecule has 0 spiro atoms. The van der Waals surface area contributed by atoms with Gasteiger partial charge in [0.05, 0.1) is 17.3 Å². The van der Waals surface area contributed by atoms with Crippen LogP contribution in [-0.4, -0.2) is 40.6 Å². The van der Waals surface area contributed by atoms with Gasteiger partial charge in [-0.15, -0.1) is 0 Å². The zero-order valence-electron chi connectivity index (χ0n) is 13.8. The molecule has 26 heavy (non-hydrogen) atoms. The summed E-state index contributed by atoms with van der Waals surface area (Å²) in [4.78, 5) is 22.6. The minimum absolute atomic E-state index is 0.0182. The lowest BCUT2D eigenvalue weighted by Gasteiger charge is -2.16. The minimum atomic E-state index is -1.33. The van der Waals surface area contributed by atoms with E-state index < -0.39 is 23.6 Å². The zero-order chi connectivity index (χ0) is 18.7. The van der Waals surface area contributed by atoms with Crippen LogP contribution >= 0.6 is 11.6 Å². The molecule has 1 saturated heterocycles. The van der Waals surface area contributed by atoms with Crippen LogP contribution < -0.4 is 10.2 Å². The van der Waals surface area contributed by atoms with Crippen molar-refractivity contribution in [2.45, 2.75) is 18.9 Å². The molecule has 2 heterocycles. The molecule has 1 unspecified atom stereocenters. The molecule has 0 bridgehead atoms. The number of anilines is 1. The molecule has 1 aromatic heterocycles. The number of aromatic nitrogens is 2. The van der Waals surface area contributed by atoms with Gasteiger partial charge in [0.1, 0.15) is 11.6 Å². The monoisotopic (exact) mass is 382 g/mol. The quantitative estimate of drug-likeness (QED) is 0.830. The topological polar surface area (TPSA) is 78.3 Å². The van der Waals surface area contributed by atoms with Crippen molar-refractivity contribution in [1.29, 1.82) is 0 Å². The number of rotatable bonds is 5. The first-order valence-electron chi connectivity index (χ1n) is 8.14. The van der Waals surface area contributed by atoms with Crippen LogP contribution in [0.5, 0.6) is 0 Å². The van der Waals surface area contributed by atoms with Crippen LogP contribution in [-0.2, 0) is 0 Å². The number of halogens is 3. The Balaban J connectivity index is 1.68. The maximum Gasteiger partial charge on any atom is 0.271 e. The van der Waals surface area contributed by atoms with Gasteiger partial charge in [0.2, 0.25) is 5.95 Å². The number of hydrogen-bond donors (Lipinski definition) is 2. The summed E-state index contributed by atoms with van der Waals surface area (Å²) in [6.45, 7) is 1.34. The summed E-state index contributed by atoms with van der Waals surface area (Å²) in [7, 11) is 0. The van der Waals surface area contributed by atoms with E-state index in [1.54, 1.807) is 0 Å². The van der Waals surface area contributed by atoms with E-state index in [0.717, 1.165) is 38.1 Å². The van der Waals surface area contributed by atoms with Crippen LogP contribution in [0.2, 0.25) is 5.02 Å². The van der Waals surface area contributed by atoms with Gasteiger partial charge in [0.25, 0.3) is 5.91 Å². The number of hydrogen-bond acceptors (Lipinski definition) is 5. The van der Waals surface area contributed by atoms with Gasteiger partial charge in [-0.25, -0.2) is 18.7 Å². The Kier molecular flexibility index (Phi) is 5.63. The SMILES string of the molecule is O=C(NCC(O)c1ccc(F)cc1F)c1nc(N2CCCC2)ncc1Cl. The third-order valence-electron chi connectivity index (χ3n) is 4.11. The standard InChI is InChI=1S/C17H17ClF2N4O2/c18-12-8-22-17(24-5-1-2-6-24)23-15(12)16(26)21-9-14(25)11-4-3-10(19)7-13(11)20/h3-4,7-8,14,25H,1-2,5-6,9H2,(H,21,26). The van der Waals surface area contributed by atoms with Gasteiger partial charge in [-0.2, -0.15) is 0 Å². The van der Waals surface area contributed by atoms with Crippen molar-refractivity contribution in [3.05, 3.63) is 52.3 Å². The van der Waals surface area contributed by atoms with E-state index in [2.05, 4.69) is 15.3 Å². The molecule has 1 aliphatic heterocycles. The number of carbonyl (C=O) groups is 1. The summed E-state index contributed by atoms with van der Waals surface area (Å²) in [5, 5.41) is 12.6. The average molecular weight is 383 g/mol. The third kappa shape index (κ3) is 4.08. The molecule has 6 nitrogen and oxygen atoms in total. The highest BCUT2D eigenvalue weighted by molar-refractivity contribution is 6.33. The fourth-order valence-corrected chi connectivity index (χ4v) is 2.92. The summed E-state index contributed by atoms with van der Waals surface area (Å²) in [6, 6.07) is 2.84. The van der Waals surface area contributed by atoms with E-state index >= 15 is 0 Å². The molecule has 1 fully saturated rings. The van der Waals surface area contributed by atoms with Gasteiger partial charge in [0.15, 0.2) is 5.69 Å². The van der Waals surface area contributed by atoms with Crippen LogP contribution in [0.4, 0.5) is 14.7 Å². The summed E-state index contributed by atoms with van der Waals surface area (Å²) >= 11 is 6.00. The van der Waals surface area contributed by atoms with Crippen molar-refractivity contribution in [2.75, 3.05) is 24.5 Å². The molecule has 0 aliphatic carbocycles. The first-order valence-corrected chi connectivity index (χ1v) is 8.52. The first kappa shape index (κ1) is 18.5. The van der Waals surface area contributed by atoms with Gasteiger partial charge >= 0.3 is 0 Å². The zero-order valence-corrected chi connectivity index (χ0v) is 14.5. The average Bonchev–Trinajstić information content (AvgIpc) is 3.14. The number of nitrogens with one attached hydrogen (secondary N) is 1. The largest absolute Gasteiger partial charge is 0.386 e. The molecule has 2 N–H and O–H groups in total. The highest BCUT2D eigenvalue weighted by Crippen LogP contribution is 2.21. The molecule has 1 amide bonds. The normalized spacial score (nSPS) is 15.2. The predicted molar refractivity (Wildman–Crippen MR) is 92.1 cm³/mol. The highest BCUT2D eigenvalue weighted by Gasteiger charge is 2.21. The maximum absolute atomic E-state index is 13.7. The number of amides is 1. The van der Waals surface area contributed by atoms with Crippen molar-refractivity contribution in [3.8, 4) is 0 Å². The van der Waals surface area contributed by atoms with Crippen molar-refractivity contribution in [1.82, 2.24) is 15.3 Å². The van der Waals surface area contributed by atoms with E-state index in [4.69, 9.17) is 11.6 Å². The Hall–Kier alpha value is -2.32. The van der Waals surface area contributed by atoms with Crippen LogP contribution in [0.1, 0.15) is 35.0 Å². The Morgan fingerprint density at radius 1 is 1.35 bits per heavy atom. The highest BCUT2D eigenvalue weighted by atomic mass is 35.5. The van der Waals surface area contributed by atoms with E-state index in [1.165, 1.54) is 6.20 Å². The lowest BCUT2D eigenvalue weighted by molar-refractivity contribution is 0.0909. The van der Waals surface area contributed by atoms with Crippen LogP contribution in [0.25, 0.3) is 0 Å². The Morgan fingerprint density at radius 3 is 2.77 bits per heavy atom. The Bertz CT molecular complexity index is 815. The number of aliphatic hydroxyl groups is 1. The molecule has 1 aliphatic rings. The smallest absolute Gasteiger partial charge is 0.271 e. The Labute approximate surface area is 153 Å². The second-order valence-electron chi connectivity index (χ2n) is 5.95. The molecule has 0 radical (unpaired) electrons. The minimum Gasteiger partial charge on any atom is -0.386 e. The van der Waals surface area contributed by atoms with Gasteiger partial charge < -0.3 is 15.3 Å². The third-order valence-corrected chi connectivity index (χ3v) is 4.39. The summed E-state index contributed by atoms with van der Waals surface area (Å²) in [5.74, 6) is -1.82. The van der Waals surface area contributed by atoms with Crippen molar-refractivity contribution < 1.29 is 18.7 Å². The first-order chi connectivity index (χ1) is 12.5. The van der Waals surface area contributed by atoms with Crippen molar-refractivity contribution in [3.63, 3.8) is 0 Å². The summed E-state index contributed by atoms with van der Waals surface area (Å²) in [5.41, 5.74) is -0.131. The van der Waals surface area contributed by atoms with Crippen LogP contribution in [0.3, 0.4) is 0 Å². The van der Waals surface area contributed by atoms with Gasteiger partial charge in [0, 0.05) is 31.3 Å². The molecule has 0 saturated carbocycles. The number of benzene rings is 1. The van der Waals surface area contributed by atoms with Gasteiger partial charge in [-0.05, 0) is 18.9 Å². The van der Waals surface area contributed by atoms with Crippen molar-refractivity contribution >= 4 is 23.5 Å². The lowest BCUT2D eigenvalue weighted by atomic mass is 10.1. The van der Waals surface area contributed by atoms with E-state index in [-0.39, 0.29) is 22.8 Å². The molecule has 1 atom stereocenters. The second-order valence-corrected chi connectivity index (χ2v) is 6.36. The van der Waals surface area contributed by atoms with E-state index in [1.807, 2.05) is 4.90 Å². The van der Waals surface area contributed by atoms with E-state index in [9.17, 15) is 18.7 Å². The fraction of sp³-hybridized carbons (Fsp3) is 0.353. The lowest BCUT2D eigenvalue weighted by Crippen LogP contribution is -2.30. The number of nitrogens with zero attached hydrogens (tertiary/aromatic N) is 3. The molecule has 9 heteroatoms. The number of aliphatic hydroxyl groups excluding tert-OH is 1. The van der Waals surface area contributed by atoms with Crippen LogP contribution in [0.15, 0.2) is 24.4 Å². The molecule has 3 rings (SSSR count). The molecule has 138 valence electrons.